The summed E-state index contributed by atoms with van der Waals surface area (Å²) in [6.07, 6.45) is 29.2. The van der Waals surface area contributed by atoms with E-state index in [0.29, 0.717) is 30.8 Å². The van der Waals surface area contributed by atoms with Crippen LogP contribution in [0.2, 0.25) is 0 Å². The molecule has 0 amide bonds. The highest BCUT2D eigenvalue weighted by molar-refractivity contribution is 6.03. The molecule has 0 aliphatic carbocycles. The molecule has 2 N–H and O–H groups in total. The normalized spacial score (nSPS) is 11.3. The summed E-state index contributed by atoms with van der Waals surface area (Å²) in [5.74, 6) is -0.131. The van der Waals surface area contributed by atoms with E-state index < -0.39 is 23.9 Å². The fourth-order valence-electron chi connectivity index (χ4n) is 8.11. The smallest absolute Gasteiger partial charge is 0.339 e. The first-order valence-electron chi connectivity index (χ1n) is 25.7. The standard InChI is InChI=1S/2C28H46O4/c1-23(2)17-11-7-5-9-15-21-31-27(29)25-19-13-14-20-26(25)28(30)32-22-16-10-6-8-12-18-24(3)4;1-21(2)15-11-7-5-9-13-17-23-19-20-25(27(29)30)26(28(31)32)24(23)18-14-10-6-8-12-16-22(3)4/h13-14,19-20,23-24H,5-12,15-18,21-22H2,1-4H3;19-22H,5-18H2,1-4H3,(H,29,30)(H,31,32). The van der Waals surface area contributed by atoms with Crippen molar-refractivity contribution in [2.45, 2.75) is 222 Å². The Morgan fingerprint density at radius 2 is 0.750 bits per heavy atom. The zero-order valence-corrected chi connectivity index (χ0v) is 41.9. The molecule has 0 saturated carbocycles. The third kappa shape index (κ3) is 28.3. The maximum absolute atomic E-state index is 12.5. The number of ether oxygens (including phenoxy) is 2. The van der Waals surface area contributed by atoms with Crippen LogP contribution in [0.25, 0.3) is 0 Å². The summed E-state index contributed by atoms with van der Waals surface area (Å²) in [7, 11) is 0. The molecule has 0 heterocycles. The highest BCUT2D eigenvalue weighted by Gasteiger charge is 2.23. The van der Waals surface area contributed by atoms with Crippen LogP contribution in [-0.4, -0.2) is 47.3 Å². The molecule has 2 rings (SSSR count). The van der Waals surface area contributed by atoms with Crippen molar-refractivity contribution in [3.05, 3.63) is 69.8 Å². The van der Waals surface area contributed by atoms with Gasteiger partial charge in [-0.3, -0.25) is 0 Å². The predicted molar refractivity (Wildman–Crippen MR) is 265 cm³/mol. The number of rotatable bonds is 36. The minimum atomic E-state index is -1.16. The van der Waals surface area contributed by atoms with Gasteiger partial charge in [-0.2, -0.15) is 0 Å². The minimum absolute atomic E-state index is 0.00624. The number of benzene rings is 2. The van der Waals surface area contributed by atoms with E-state index in [1.807, 2.05) is 6.07 Å². The van der Waals surface area contributed by atoms with Crippen molar-refractivity contribution in [2.75, 3.05) is 13.2 Å². The van der Waals surface area contributed by atoms with Gasteiger partial charge < -0.3 is 19.7 Å². The molecule has 0 fully saturated rings. The lowest BCUT2D eigenvalue weighted by Crippen LogP contribution is -2.15. The maximum atomic E-state index is 12.5. The molecule has 64 heavy (non-hydrogen) atoms. The number of unbranched alkanes of at least 4 members (excludes halogenated alkanes) is 16. The molecule has 0 spiro atoms. The van der Waals surface area contributed by atoms with E-state index in [0.717, 1.165) is 99.0 Å². The van der Waals surface area contributed by atoms with E-state index in [1.54, 1.807) is 24.3 Å². The number of aromatic carboxylic acids is 2. The van der Waals surface area contributed by atoms with Crippen LogP contribution < -0.4 is 0 Å². The summed E-state index contributed by atoms with van der Waals surface area (Å²) < 4.78 is 10.8. The van der Waals surface area contributed by atoms with Gasteiger partial charge in [0.15, 0.2) is 0 Å². The third-order valence-corrected chi connectivity index (χ3v) is 12.0. The second-order valence-electron chi connectivity index (χ2n) is 19.9. The Bertz CT molecular complexity index is 1500. The van der Waals surface area contributed by atoms with Crippen LogP contribution in [0, 0.1) is 23.7 Å². The van der Waals surface area contributed by atoms with E-state index in [2.05, 4.69) is 55.4 Å². The lowest BCUT2D eigenvalue weighted by atomic mass is 9.89. The Morgan fingerprint density at radius 1 is 0.406 bits per heavy atom. The number of aryl methyl sites for hydroxylation is 1. The van der Waals surface area contributed by atoms with Crippen molar-refractivity contribution in [3.8, 4) is 0 Å². The van der Waals surface area contributed by atoms with Crippen molar-refractivity contribution < 1.29 is 38.9 Å². The zero-order chi connectivity index (χ0) is 47.5. The van der Waals surface area contributed by atoms with Gasteiger partial charge in [-0.15, -0.1) is 0 Å². The molecular weight excluding hydrogens is 801 g/mol. The molecule has 2 aromatic rings. The second kappa shape index (κ2) is 36.5. The van der Waals surface area contributed by atoms with Crippen LogP contribution in [0.3, 0.4) is 0 Å². The van der Waals surface area contributed by atoms with Crippen LogP contribution >= 0.6 is 0 Å². The van der Waals surface area contributed by atoms with Gasteiger partial charge in [-0.05, 0) is 91.5 Å². The maximum Gasteiger partial charge on any atom is 0.339 e. The van der Waals surface area contributed by atoms with Gasteiger partial charge in [-0.1, -0.05) is 202 Å². The van der Waals surface area contributed by atoms with E-state index in [4.69, 9.17) is 9.47 Å². The second-order valence-corrected chi connectivity index (χ2v) is 19.9. The minimum Gasteiger partial charge on any atom is -0.478 e. The van der Waals surface area contributed by atoms with Gasteiger partial charge in [0.2, 0.25) is 0 Å². The molecule has 0 saturated heterocycles. The average Bonchev–Trinajstić information content (AvgIpc) is 3.24. The Hall–Kier alpha value is -3.68. The molecule has 0 aliphatic rings. The Morgan fingerprint density at radius 3 is 1.11 bits per heavy atom. The molecular formula is C56H92O8. The summed E-state index contributed by atoms with van der Waals surface area (Å²) in [5, 5.41) is 19.3. The molecule has 0 atom stereocenters. The molecule has 2 aromatic carbocycles. The van der Waals surface area contributed by atoms with Gasteiger partial charge >= 0.3 is 23.9 Å². The fourth-order valence-corrected chi connectivity index (χ4v) is 8.11. The van der Waals surface area contributed by atoms with Crippen molar-refractivity contribution in [2.24, 2.45) is 23.7 Å². The van der Waals surface area contributed by atoms with Gasteiger partial charge in [-0.25, -0.2) is 19.2 Å². The van der Waals surface area contributed by atoms with Crippen molar-refractivity contribution in [3.63, 3.8) is 0 Å². The number of hydrogen-bond acceptors (Lipinski definition) is 6. The van der Waals surface area contributed by atoms with Crippen molar-refractivity contribution in [1.29, 1.82) is 0 Å². The van der Waals surface area contributed by atoms with E-state index in [9.17, 15) is 29.4 Å². The third-order valence-electron chi connectivity index (χ3n) is 12.0. The van der Waals surface area contributed by atoms with Crippen LogP contribution in [0.1, 0.15) is 262 Å². The molecule has 0 aromatic heterocycles. The van der Waals surface area contributed by atoms with Crippen molar-refractivity contribution in [1.82, 2.24) is 0 Å². The highest BCUT2D eigenvalue weighted by atomic mass is 16.5. The highest BCUT2D eigenvalue weighted by Crippen LogP contribution is 2.26. The fraction of sp³-hybridized carbons (Fsp3) is 0.714. The first kappa shape index (κ1) is 58.3. The first-order chi connectivity index (χ1) is 30.6. The molecule has 364 valence electrons. The summed E-state index contributed by atoms with van der Waals surface area (Å²) in [4.78, 5) is 48.6. The van der Waals surface area contributed by atoms with E-state index in [1.165, 1.54) is 102 Å². The lowest BCUT2D eigenvalue weighted by Gasteiger charge is -2.15. The SMILES string of the molecule is CC(C)CCCCCCCOC(=O)c1ccccc1C(=O)OCCCCCCCC(C)C.CC(C)CCCCCCCc1ccc(C(=O)O)c(C(=O)O)c1CCCCCCCC(C)C. The van der Waals surface area contributed by atoms with Gasteiger partial charge in [0.1, 0.15) is 0 Å². The molecule has 0 bridgehead atoms. The molecule has 8 heteroatoms. The molecule has 0 unspecified atom stereocenters. The number of esters is 2. The van der Waals surface area contributed by atoms with Crippen LogP contribution in [-0.2, 0) is 22.3 Å². The number of hydrogen-bond donors (Lipinski definition) is 2. The van der Waals surface area contributed by atoms with Gasteiger partial charge in [0.25, 0.3) is 0 Å². The van der Waals surface area contributed by atoms with Gasteiger partial charge in [0, 0.05) is 0 Å². The zero-order valence-electron chi connectivity index (χ0n) is 41.9. The first-order valence-corrected chi connectivity index (χ1v) is 25.7. The monoisotopic (exact) mass is 893 g/mol. The van der Waals surface area contributed by atoms with E-state index in [-0.39, 0.29) is 11.1 Å². The average molecular weight is 893 g/mol. The quantitative estimate of drug-likeness (QED) is 0.0511. The van der Waals surface area contributed by atoms with Crippen LogP contribution in [0.5, 0.6) is 0 Å². The number of carbonyl (C=O) groups is 4. The summed E-state index contributed by atoms with van der Waals surface area (Å²) >= 11 is 0. The van der Waals surface area contributed by atoms with Gasteiger partial charge in [0.05, 0.1) is 35.5 Å². The van der Waals surface area contributed by atoms with E-state index >= 15 is 0 Å². The topological polar surface area (TPSA) is 127 Å². The molecule has 0 radical (unpaired) electrons. The Labute approximate surface area is 390 Å². The number of carboxylic acid groups (broad SMARTS) is 2. The molecule has 0 aliphatic heterocycles. The lowest BCUT2D eigenvalue weighted by molar-refractivity contribution is 0.0450. The van der Waals surface area contributed by atoms with Crippen molar-refractivity contribution >= 4 is 23.9 Å². The summed E-state index contributed by atoms with van der Waals surface area (Å²) in [6, 6.07) is 10.1. The predicted octanol–water partition coefficient (Wildman–Crippen LogP) is 16.2. The van der Waals surface area contributed by atoms with Crippen LogP contribution in [0.15, 0.2) is 36.4 Å². The summed E-state index contributed by atoms with van der Waals surface area (Å²) in [5.41, 5.74) is 2.29. The van der Waals surface area contributed by atoms with Crippen LogP contribution in [0.4, 0.5) is 0 Å². The summed E-state index contributed by atoms with van der Waals surface area (Å²) in [6.45, 7) is 18.8. The Balaban J connectivity index is 0.000000640. The number of carboxylic acids is 2. The Kier molecular flexibility index (Phi) is 33.3. The number of carbonyl (C=O) groups excluding carboxylic acids is 2. The molecule has 8 nitrogen and oxygen atoms in total. The largest absolute Gasteiger partial charge is 0.478 e.